The van der Waals surface area contributed by atoms with Crippen molar-refractivity contribution in [2.24, 2.45) is 5.92 Å². The summed E-state index contributed by atoms with van der Waals surface area (Å²) in [7, 11) is 1.38. The molecule has 0 fully saturated rings. The smallest absolute Gasteiger partial charge is 0.169 e. The lowest BCUT2D eigenvalue weighted by Gasteiger charge is -2.14. The second-order valence-electron chi connectivity index (χ2n) is 3.70. The first kappa shape index (κ1) is 12.7. The van der Waals surface area contributed by atoms with Gasteiger partial charge in [-0.25, -0.2) is 4.39 Å². The minimum Gasteiger partial charge on any atom is -0.493 e. The van der Waals surface area contributed by atoms with Crippen LogP contribution in [0.5, 0.6) is 5.75 Å². The van der Waals surface area contributed by atoms with Crippen molar-refractivity contribution in [1.29, 1.82) is 0 Å². The number of ketones is 1. The summed E-state index contributed by atoms with van der Waals surface area (Å²) in [5.74, 6) is -0.532. The third-order valence-corrected chi connectivity index (χ3v) is 2.79. The average molecular weight is 224 g/mol. The molecule has 0 atom stereocenters. The first-order valence-electron chi connectivity index (χ1n) is 5.52. The summed E-state index contributed by atoms with van der Waals surface area (Å²) >= 11 is 0. The molecule has 0 aromatic heterocycles. The van der Waals surface area contributed by atoms with Crippen LogP contribution in [-0.2, 0) is 0 Å². The van der Waals surface area contributed by atoms with Gasteiger partial charge in [0.25, 0.3) is 0 Å². The quantitative estimate of drug-likeness (QED) is 0.716. The molecular weight excluding hydrogens is 207 g/mol. The molecule has 0 unspecified atom stereocenters. The highest BCUT2D eigenvalue weighted by molar-refractivity contribution is 6.00. The van der Waals surface area contributed by atoms with Gasteiger partial charge in [0.1, 0.15) is 0 Å². The molecule has 3 heteroatoms. The van der Waals surface area contributed by atoms with Gasteiger partial charge in [-0.1, -0.05) is 19.9 Å². The zero-order valence-electron chi connectivity index (χ0n) is 9.92. The fourth-order valence-electron chi connectivity index (χ4n) is 1.79. The molecule has 88 valence electrons. The molecule has 0 amide bonds. The van der Waals surface area contributed by atoms with Gasteiger partial charge in [-0.15, -0.1) is 0 Å². The lowest BCUT2D eigenvalue weighted by molar-refractivity contribution is 0.0909. The van der Waals surface area contributed by atoms with E-state index in [9.17, 15) is 9.18 Å². The number of halogens is 1. The average Bonchev–Trinajstić information content (AvgIpc) is 2.30. The zero-order chi connectivity index (χ0) is 12.1. The van der Waals surface area contributed by atoms with E-state index in [1.54, 1.807) is 6.07 Å². The minimum absolute atomic E-state index is 0.0404. The van der Waals surface area contributed by atoms with E-state index in [4.69, 9.17) is 4.74 Å². The van der Waals surface area contributed by atoms with Gasteiger partial charge in [-0.05, 0) is 25.0 Å². The summed E-state index contributed by atoms with van der Waals surface area (Å²) in [6, 6.07) is 4.44. The molecule has 2 nitrogen and oxygen atoms in total. The lowest BCUT2D eigenvalue weighted by Crippen LogP contribution is -2.14. The van der Waals surface area contributed by atoms with Crippen molar-refractivity contribution in [3.8, 4) is 5.75 Å². The molecule has 0 saturated carbocycles. The molecule has 0 saturated heterocycles. The second kappa shape index (κ2) is 5.64. The molecule has 0 bridgehead atoms. The van der Waals surface area contributed by atoms with Gasteiger partial charge in [-0.2, -0.15) is 0 Å². The van der Waals surface area contributed by atoms with E-state index in [1.165, 1.54) is 19.2 Å². The van der Waals surface area contributed by atoms with Crippen molar-refractivity contribution in [2.75, 3.05) is 7.11 Å². The van der Waals surface area contributed by atoms with E-state index in [2.05, 4.69) is 0 Å². The molecule has 0 spiro atoms. The van der Waals surface area contributed by atoms with Gasteiger partial charge < -0.3 is 4.74 Å². The topological polar surface area (TPSA) is 26.3 Å². The third kappa shape index (κ3) is 2.40. The highest BCUT2D eigenvalue weighted by Gasteiger charge is 2.21. The third-order valence-electron chi connectivity index (χ3n) is 2.79. The number of carbonyl (C=O) groups is 1. The maximum atomic E-state index is 13.4. The van der Waals surface area contributed by atoms with Crippen LogP contribution < -0.4 is 4.74 Å². The molecule has 0 aliphatic rings. The summed E-state index contributed by atoms with van der Waals surface area (Å²) in [4.78, 5) is 12.1. The van der Waals surface area contributed by atoms with Crippen molar-refractivity contribution in [1.82, 2.24) is 0 Å². The molecule has 0 radical (unpaired) electrons. The van der Waals surface area contributed by atoms with Crippen LogP contribution in [0.3, 0.4) is 0 Å². The Morgan fingerprint density at radius 1 is 1.38 bits per heavy atom. The number of hydrogen-bond donors (Lipinski definition) is 0. The van der Waals surface area contributed by atoms with Crippen LogP contribution in [0.25, 0.3) is 0 Å². The number of ether oxygens (including phenoxy) is 1. The lowest BCUT2D eigenvalue weighted by atomic mass is 9.92. The van der Waals surface area contributed by atoms with Crippen LogP contribution in [0.15, 0.2) is 18.2 Å². The highest BCUT2D eigenvalue weighted by Crippen LogP contribution is 2.26. The Balaban J connectivity index is 3.12. The fourth-order valence-corrected chi connectivity index (χ4v) is 1.79. The maximum absolute atomic E-state index is 13.4. The number of hydrogen-bond acceptors (Lipinski definition) is 2. The Labute approximate surface area is 95.4 Å². The summed E-state index contributed by atoms with van der Waals surface area (Å²) in [5, 5.41) is 0. The highest BCUT2D eigenvalue weighted by atomic mass is 19.1. The van der Waals surface area contributed by atoms with E-state index in [1.807, 2.05) is 13.8 Å². The van der Waals surface area contributed by atoms with E-state index in [-0.39, 0.29) is 17.5 Å². The Kier molecular flexibility index (Phi) is 4.47. The van der Waals surface area contributed by atoms with Crippen LogP contribution in [0, 0.1) is 11.7 Å². The zero-order valence-corrected chi connectivity index (χ0v) is 9.92. The van der Waals surface area contributed by atoms with Gasteiger partial charge >= 0.3 is 0 Å². The maximum Gasteiger partial charge on any atom is 0.169 e. The van der Waals surface area contributed by atoms with E-state index in [0.717, 1.165) is 12.8 Å². The summed E-state index contributed by atoms with van der Waals surface area (Å²) < 4.78 is 18.3. The molecule has 0 N–H and O–H groups in total. The van der Waals surface area contributed by atoms with Crippen LogP contribution >= 0.6 is 0 Å². The Bertz CT molecular complexity index is 370. The summed E-state index contributed by atoms with van der Waals surface area (Å²) in [5.41, 5.74) is 0.344. The van der Waals surface area contributed by atoms with Crippen LogP contribution in [-0.4, -0.2) is 12.9 Å². The molecule has 16 heavy (non-hydrogen) atoms. The number of Topliss-reactive ketones (excluding diaryl/α,β-unsaturated/α-hetero) is 1. The molecule has 1 rings (SSSR count). The van der Waals surface area contributed by atoms with E-state index in [0.29, 0.717) is 5.56 Å². The van der Waals surface area contributed by atoms with E-state index >= 15 is 0 Å². The SMILES string of the molecule is CCC(CC)C(=O)c1cccc(F)c1OC. The van der Waals surface area contributed by atoms with Crippen LogP contribution in [0.4, 0.5) is 4.39 Å². The standard InChI is InChI=1S/C13H17FO2/c1-4-9(5-2)12(15)10-7-6-8-11(14)13(10)16-3/h6-9H,4-5H2,1-3H3. The first-order chi connectivity index (χ1) is 7.65. The monoisotopic (exact) mass is 224 g/mol. The fraction of sp³-hybridized carbons (Fsp3) is 0.462. The Hall–Kier alpha value is -1.38. The number of benzene rings is 1. The number of rotatable bonds is 5. The number of carbonyl (C=O) groups excluding carboxylic acids is 1. The molecule has 1 aromatic carbocycles. The minimum atomic E-state index is -0.487. The van der Waals surface area contributed by atoms with Crippen molar-refractivity contribution in [3.05, 3.63) is 29.6 Å². The van der Waals surface area contributed by atoms with Crippen molar-refractivity contribution in [2.45, 2.75) is 26.7 Å². The van der Waals surface area contributed by atoms with Gasteiger partial charge in [0, 0.05) is 5.92 Å². The molecule has 0 aliphatic heterocycles. The second-order valence-corrected chi connectivity index (χ2v) is 3.70. The van der Waals surface area contributed by atoms with Gasteiger partial charge in [0.2, 0.25) is 0 Å². The van der Waals surface area contributed by atoms with Gasteiger partial charge in [-0.3, -0.25) is 4.79 Å². The molecular formula is C13H17FO2. The predicted molar refractivity (Wildman–Crippen MR) is 61.4 cm³/mol. The van der Waals surface area contributed by atoms with Gasteiger partial charge in [0.05, 0.1) is 12.7 Å². The van der Waals surface area contributed by atoms with Gasteiger partial charge in [0.15, 0.2) is 17.3 Å². The van der Waals surface area contributed by atoms with Crippen molar-refractivity contribution in [3.63, 3.8) is 0 Å². The van der Waals surface area contributed by atoms with E-state index < -0.39 is 5.82 Å². The molecule has 1 aromatic rings. The van der Waals surface area contributed by atoms with Crippen molar-refractivity contribution >= 4 is 5.78 Å². The van der Waals surface area contributed by atoms with Crippen LogP contribution in [0.1, 0.15) is 37.0 Å². The van der Waals surface area contributed by atoms with Crippen molar-refractivity contribution < 1.29 is 13.9 Å². The largest absolute Gasteiger partial charge is 0.493 e. The Morgan fingerprint density at radius 2 is 2.00 bits per heavy atom. The Morgan fingerprint density at radius 3 is 2.50 bits per heavy atom. The van der Waals surface area contributed by atoms with Crippen LogP contribution in [0.2, 0.25) is 0 Å². The summed E-state index contributed by atoms with van der Waals surface area (Å²) in [6.45, 7) is 3.91. The normalized spacial score (nSPS) is 10.6. The predicted octanol–water partition coefficient (Wildman–Crippen LogP) is 3.45. The first-order valence-corrected chi connectivity index (χ1v) is 5.52. The number of para-hydroxylation sites is 1. The number of methoxy groups -OCH3 is 1. The molecule has 0 aliphatic carbocycles. The summed E-state index contributed by atoms with van der Waals surface area (Å²) in [6.07, 6.45) is 1.52. The molecule has 0 heterocycles.